The molecule has 1 aliphatic carbocycles. The molecular weight excluding hydrogens is 200 g/mol. The van der Waals surface area contributed by atoms with Gasteiger partial charge in [-0.15, -0.1) is 0 Å². The molecule has 0 saturated heterocycles. The average molecular weight is 218 g/mol. The van der Waals surface area contributed by atoms with Crippen LogP contribution < -0.4 is 0 Å². The van der Waals surface area contributed by atoms with E-state index < -0.39 is 0 Å². The number of benzene rings is 1. The Morgan fingerprint density at radius 3 is 2.75 bits per heavy atom. The van der Waals surface area contributed by atoms with Gasteiger partial charge in [-0.2, -0.15) is 0 Å². The van der Waals surface area contributed by atoms with E-state index in [1.807, 2.05) is 18.2 Å². The van der Waals surface area contributed by atoms with E-state index in [0.717, 1.165) is 11.8 Å². The summed E-state index contributed by atoms with van der Waals surface area (Å²) in [5.74, 6) is 1.91. The molecular formula is C14H18O2. The highest BCUT2D eigenvalue weighted by molar-refractivity contribution is 5.89. The van der Waals surface area contributed by atoms with Crippen molar-refractivity contribution in [2.75, 3.05) is 7.11 Å². The van der Waals surface area contributed by atoms with Gasteiger partial charge in [0.05, 0.1) is 12.7 Å². The summed E-state index contributed by atoms with van der Waals surface area (Å²) in [6.07, 6.45) is 1.25. The number of carbonyl (C=O) groups excluding carboxylic acids is 1. The molecule has 0 aliphatic heterocycles. The van der Waals surface area contributed by atoms with Gasteiger partial charge in [-0.05, 0) is 41.9 Å². The monoisotopic (exact) mass is 218 g/mol. The van der Waals surface area contributed by atoms with Gasteiger partial charge < -0.3 is 4.74 Å². The van der Waals surface area contributed by atoms with Gasteiger partial charge in [0.2, 0.25) is 0 Å². The van der Waals surface area contributed by atoms with Crippen LogP contribution in [0.25, 0.3) is 0 Å². The molecule has 1 aromatic rings. The fourth-order valence-electron chi connectivity index (χ4n) is 2.35. The fraction of sp³-hybridized carbons (Fsp3) is 0.500. The van der Waals surface area contributed by atoms with Gasteiger partial charge >= 0.3 is 5.97 Å². The van der Waals surface area contributed by atoms with Gasteiger partial charge in [0.15, 0.2) is 0 Å². The lowest BCUT2D eigenvalue weighted by Gasteiger charge is -2.05. The van der Waals surface area contributed by atoms with Crippen LogP contribution in [0, 0.1) is 11.8 Å². The van der Waals surface area contributed by atoms with Crippen LogP contribution in [-0.2, 0) is 4.74 Å². The first-order valence-electron chi connectivity index (χ1n) is 5.81. The maximum absolute atomic E-state index is 11.4. The molecule has 2 atom stereocenters. The number of methoxy groups -OCH3 is 1. The van der Waals surface area contributed by atoms with Crippen molar-refractivity contribution < 1.29 is 9.53 Å². The molecule has 1 aliphatic rings. The Bertz CT molecular complexity index is 395. The molecule has 2 rings (SSSR count). The van der Waals surface area contributed by atoms with Gasteiger partial charge in [-0.3, -0.25) is 0 Å². The minimum atomic E-state index is -0.247. The molecule has 16 heavy (non-hydrogen) atoms. The van der Waals surface area contributed by atoms with E-state index in [4.69, 9.17) is 4.74 Å². The van der Waals surface area contributed by atoms with Gasteiger partial charge in [-0.1, -0.05) is 26.0 Å². The van der Waals surface area contributed by atoms with Crippen molar-refractivity contribution in [1.29, 1.82) is 0 Å². The highest BCUT2D eigenvalue weighted by Crippen LogP contribution is 2.51. The smallest absolute Gasteiger partial charge is 0.337 e. The molecule has 0 heterocycles. The van der Waals surface area contributed by atoms with Gasteiger partial charge in [0.1, 0.15) is 0 Å². The molecule has 86 valence electrons. The maximum atomic E-state index is 11.4. The summed E-state index contributed by atoms with van der Waals surface area (Å²) in [6.45, 7) is 4.52. The lowest BCUT2D eigenvalue weighted by atomic mass is 10.0. The zero-order valence-corrected chi connectivity index (χ0v) is 10.1. The molecule has 0 N–H and O–H groups in total. The second-order valence-electron chi connectivity index (χ2n) is 4.87. The number of ether oxygens (including phenoxy) is 1. The van der Waals surface area contributed by atoms with Crippen molar-refractivity contribution in [2.24, 2.45) is 11.8 Å². The lowest BCUT2D eigenvalue weighted by molar-refractivity contribution is 0.0600. The summed E-state index contributed by atoms with van der Waals surface area (Å²) in [4.78, 5) is 11.4. The van der Waals surface area contributed by atoms with Crippen molar-refractivity contribution in [1.82, 2.24) is 0 Å². The SMILES string of the molecule is COC(=O)c1cccc([C@H]2C[C@@H]2C(C)C)c1. The van der Waals surface area contributed by atoms with Crippen LogP contribution in [0.1, 0.15) is 42.1 Å². The molecule has 0 spiro atoms. The van der Waals surface area contributed by atoms with Crippen LogP contribution in [0.5, 0.6) is 0 Å². The van der Waals surface area contributed by atoms with Crippen molar-refractivity contribution >= 4 is 5.97 Å². The van der Waals surface area contributed by atoms with Crippen LogP contribution in [-0.4, -0.2) is 13.1 Å². The third-order valence-corrected chi connectivity index (χ3v) is 3.43. The molecule has 1 saturated carbocycles. The van der Waals surface area contributed by atoms with Crippen molar-refractivity contribution in [3.05, 3.63) is 35.4 Å². The third-order valence-electron chi connectivity index (χ3n) is 3.43. The van der Waals surface area contributed by atoms with Crippen LogP contribution in [0.2, 0.25) is 0 Å². The molecule has 2 heteroatoms. The van der Waals surface area contributed by atoms with E-state index in [0.29, 0.717) is 11.5 Å². The molecule has 1 aromatic carbocycles. The van der Waals surface area contributed by atoms with E-state index in [1.165, 1.54) is 19.1 Å². The Hall–Kier alpha value is -1.31. The number of esters is 1. The first-order valence-corrected chi connectivity index (χ1v) is 5.81. The van der Waals surface area contributed by atoms with E-state index in [9.17, 15) is 4.79 Å². The van der Waals surface area contributed by atoms with Crippen LogP contribution in [0.4, 0.5) is 0 Å². The number of hydrogen-bond acceptors (Lipinski definition) is 2. The summed E-state index contributed by atoms with van der Waals surface area (Å²) < 4.78 is 4.73. The number of hydrogen-bond donors (Lipinski definition) is 0. The van der Waals surface area contributed by atoms with Crippen LogP contribution in [0.15, 0.2) is 24.3 Å². The number of carbonyl (C=O) groups is 1. The molecule has 0 aromatic heterocycles. The predicted octanol–water partition coefficient (Wildman–Crippen LogP) is 3.23. The second-order valence-corrected chi connectivity index (χ2v) is 4.87. The van der Waals surface area contributed by atoms with Crippen molar-refractivity contribution in [3.8, 4) is 0 Å². The first-order chi connectivity index (χ1) is 7.63. The molecule has 0 radical (unpaired) electrons. The predicted molar refractivity (Wildman–Crippen MR) is 63.5 cm³/mol. The maximum Gasteiger partial charge on any atom is 0.337 e. The topological polar surface area (TPSA) is 26.3 Å². The van der Waals surface area contributed by atoms with E-state index in [2.05, 4.69) is 19.9 Å². The summed E-state index contributed by atoms with van der Waals surface area (Å²) in [5.41, 5.74) is 1.94. The summed E-state index contributed by atoms with van der Waals surface area (Å²) in [7, 11) is 1.42. The fourth-order valence-corrected chi connectivity index (χ4v) is 2.35. The zero-order chi connectivity index (χ0) is 11.7. The van der Waals surface area contributed by atoms with E-state index in [1.54, 1.807) is 0 Å². The molecule has 0 unspecified atom stereocenters. The second kappa shape index (κ2) is 4.28. The molecule has 1 fully saturated rings. The standard InChI is InChI=1S/C14H18O2/c1-9(2)12-8-13(12)10-5-4-6-11(7-10)14(15)16-3/h4-7,9,12-13H,8H2,1-3H3/t12-,13-/m1/s1. The molecule has 0 bridgehead atoms. The zero-order valence-electron chi connectivity index (χ0n) is 10.1. The van der Waals surface area contributed by atoms with Gasteiger partial charge in [0.25, 0.3) is 0 Å². The summed E-state index contributed by atoms with van der Waals surface area (Å²) in [5, 5.41) is 0. The quantitative estimate of drug-likeness (QED) is 0.728. The summed E-state index contributed by atoms with van der Waals surface area (Å²) in [6, 6.07) is 7.83. The minimum Gasteiger partial charge on any atom is -0.465 e. The molecule has 2 nitrogen and oxygen atoms in total. The van der Waals surface area contributed by atoms with Gasteiger partial charge in [0, 0.05) is 0 Å². The Balaban J connectivity index is 2.15. The highest BCUT2D eigenvalue weighted by atomic mass is 16.5. The van der Waals surface area contributed by atoms with Crippen LogP contribution in [0.3, 0.4) is 0 Å². The Kier molecular flexibility index (Phi) is 2.99. The average Bonchev–Trinajstić information content (AvgIpc) is 3.08. The van der Waals surface area contributed by atoms with Crippen molar-refractivity contribution in [2.45, 2.75) is 26.2 Å². The van der Waals surface area contributed by atoms with E-state index >= 15 is 0 Å². The minimum absolute atomic E-state index is 0.247. The third kappa shape index (κ3) is 2.11. The normalized spacial score (nSPS) is 23.2. The van der Waals surface area contributed by atoms with E-state index in [-0.39, 0.29) is 5.97 Å². The number of rotatable bonds is 3. The molecule has 0 amide bonds. The van der Waals surface area contributed by atoms with Crippen LogP contribution >= 0.6 is 0 Å². The first kappa shape index (κ1) is 11.2. The Morgan fingerprint density at radius 2 is 2.19 bits per heavy atom. The Labute approximate surface area is 96.6 Å². The lowest BCUT2D eigenvalue weighted by Crippen LogP contribution is -2.01. The Morgan fingerprint density at radius 1 is 1.44 bits per heavy atom. The van der Waals surface area contributed by atoms with Gasteiger partial charge in [-0.25, -0.2) is 4.79 Å². The van der Waals surface area contributed by atoms with Crippen molar-refractivity contribution in [3.63, 3.8) is 0 Å². The summed E-state index contributed by atoms with van der Waals surface area (Å²) >= 11 is 0. The highest BCUT2D eigenvalue weighted by Gasteiger charge is 2.40. The largest absolute Gasteiger partial charge is 0.465 e.